The maximum Gasteiger partial charge on any atom is 0.259 e. The second-order valence-corrected chi connectivity index (χ2v) is 16.6. The maximum atomic E-state index is 13.3. The maximum absolute atomic E-state index is 13.3. The van der Waals surface area contributed by atoms with Gasteiger partial charge in [-0.3, -0.25) is 24.8 Å². The van der Waals surface area contributed by atoms with Gasteiger partial charge in [-0.25, -0.2) is 4.67 Å². The summed E-state index contributed by atoms with van der Waals surface area (Å²) in [6, 6.07) is 24.7. The summed E-state index contributed by atoms with van der Waals surface area (Å²) in [5.74, 6) is 0.234. The van der Waals surface area contributed by atoms with E-state index < -0.39 is 62.4 Å². The summed E-state index contributed by atoms with van der Waals surface area (Å²) in [6.45, 7) is 11.8. The zero-order valence-corrected chi connectivity index (χ0v) is 36.2. The molecule has 3 aromatic rings. The predicted molar refractivity (Wildman–Crippen MR) is 226 cm³/mol. The fourth-order valence-corrected chi connectivity index (χ4v) is 9.10. The molecule has 3 aliphatic rings. The van der Waals surface area contributed by atoms with Crippen molar-refractivity contribution in [1.82, 2.24) is 14.9 Å². The number of nitrogens with zero attached hydrogens (tertiary/aromatic N) is 5. The van der Waals surface area contributed by atoms with Gasteiger partial charge in [-0.2, -0.15) is 9.98 Å². The van der Waals surface area contributed by atoms with E-state index in [9.17, 15) is 9.59 Å². The van der Waals surface area contributed by atoms with Crippen LogP contribution < -0.4 is 14.8 Å². The lowest BCUT2D eigenvalue weighted by atomic mass is 9.80. The highest BCUT2D eigenvalue weighted by Crippen LogP contribution is 2.50. The van der Waals surface area contributed by atoms with Crippen LogP contribution in [0.15, 0.2) is 93.8 Å². The number of amides is 2. The molecule has 0 spiro atoms. The fraction of sp³-hybridized carbons (Fsp3) is 0.465. The highest BCUT2D eigenvalue weighted by Gasteiger charge is 2.54. The second-order valence-electron chi connectivity index (χ2n) is 15.1. The Kier molecular flexibility index (Phi) is 14.3. The Bertz CT molecular complexity index is 1940. The van der Waals surface area contributed by atoms with Crippen molar-refractivity contribution < 1.29 is 42.3 Å². The van der Waals surface area contributed by atoms with Crippen LogP contribution >= 0.6 is 8.53 Å². The fourth-order valence-electron chi connectivity index (χ4n) is 7.50. The lowest BCUT2D eigenvalue weighted by Crippen LogP contribution is -2.53. The van der Waals surface area contributed by atoms with Gasteiger partial charge in [-0.1, -0.05) is 68.4 Å². The number of guanidine groups is 1. The largest absolute Gasteiger partial charge is 0.497 e. The van der Waals surface area contributed by atoms with Gasteiger partial charge in [0.15, 0.2) is 18.1 Å². The number of carbonyl (C=O) groups is 2. The lowest BCUT2D eigenvalue weighted by Gasteiger charge is -2.39. The number of nitrogens with one attached hydrogen (secondary N) is 1. The second kappa shape index (κ2) is 19.2. The van der Waals surface area contributed by atoms with Crippen LogP contribution in [0.2, 0.25) is 0 Å². The summed E-state index contributed by atoms with van der Waals surface area (Å²) in [4.78, 5) is 40.7. The third kappa shape index (κ3) is 9.12. The summed E-state index contributed by atoms with van der Waals surface area (Å²) >= 11 is 0. The average molecular weight is 831 g/mol. The first-order chi connectivity index (χ1) is 28.4. The molecule has 1 fully saturated rings. The van der Waals surface area contributed by atoms with Crippen molar-refractivity contribution in [1.29, 1.82) is 0 Å². The third-order valence-corrected chi connectivity index (χ3v) is 12.4. The van der Waals surface area contributed by atoms with Crippen molar-refractivity contribution in [3.05, 3.63) is 95.6 Å². The van der Waals surface area contributed by atoms with Crippen LogP contribution in [-0.2, 0) is 38.4 Å². The van der Waals surface area contributed by atoms with E-state index in [0.717, 1.165) is 16.7 Å². The topological polar surface area (TPSA) is 154 Å². The van der Waals surface area contributed by atoms with Crippen LogP contribution in [0.1, 0.15) is 58.2 Å². The molecule has 3 heterocycles. The van der Waals surface area contributed by atoms with E-state index >= 15 is 0 Å². The van der Waals surface area contributed by atoms with E-state index in [4.69, 9.17) is 32.7 Å². The smallest absolute Gasteiger partial charge is 0.259 e. The first-order valence-electron chi connectivity index (χ1n) is 19.7. The first kappa shape index (κ1) is 44.0. The molecule has 0 aromatic heterocycles. The molecule has 0 saturated carbocycles. The number of benzene rings is 3. The normalized spacial score (nSPS) is 23.0. The molecule has 6 atom stereocenters. The Morgan fingerprint density at radius 3 is 1.95 bits per heavy atom. The molecule has 59 heavy (non-hydrogen) atoms. The van der Waals surface area contributed by atoms with Crippen molar-refractivity contribution in [3.63, 3.8) is 0 Å². The summed E-state index contributed by atoms with van der Waals surface area (Å²) in [7, 11) is 4.83. The highest BCUT2D eigenvalue weighted by molar-refractivity contribution is 7.44. The summed E-state index contributed by atoms with van der Waals surface area (Å²) in [5, 5.41) is 2.60. The molecule has 6 rings (SSSR count). The minimum Gasteiger partial charge on any atom is -0.497 e. The van der Waals surface area contributed by atoms with Gasteiger partial charge in [-0.15, -0.1) is 0 Å². The highest BCUT2D eigenvalue weighted by atomic mass is 31.2. The first-order valence-corrected chi connectivity index (χ1v) is 20.8. The zero-order chi connectivity index (χ0) is 42.4. The van der Waals surface area contributed by atoms with Gasteiger partial charge in [0.25, 0.3) is 20.3 Å². The quantitative estimate of drug-likeness (QED) is 0.128. The SMILES string of the molecule is COc1ccc(C(OC[C@H]2O[C@@H](N3C=NC4C(=O)NC(=NC(=O)C(C)C)N=C43)[C@H](OC)[C@@H]2OP(OC)N(C(C)C)C(C)C)(c2ccccc2)c2ccc(OC)cc2)cc1. The Morgan fingerprint density at radius 1 is 0.864 bits per heavy atom. The van der Waals surface area contributed by atoms with Gasteiger partial charge in [0.1, 0.15) is 35.4 Å². The third-order valence-electron chi connectivity index (χ3n) is 10.3. The van der Waals surface area contributed by atoms with Crippen molar-refractivity contribution >= 4 is 38.5 Å². The molecule has 16 heteroatoms. The Balaban J connectivity index is 1.45. The number of hydrogen-bond donors (Lipinski definition) is 1. The molecule has 3 aromatic carbocycles. The van der Waals surface area contributed by atoms with Crippen LogP contribution in [0, 0.1) is 5.92 Å². The number of aliphatic imine (C=N–C) groups is 3. The van der Waals surface area contributed by atoms with Gasteiger partial charge < -0.3 is 32.7 Å². The Hall–Kier alpha value is -4.60. The molecule has 2 amide bonds. The van der Waals surface area contributed by atoms with Crippen molar-refractivity contribution in [2.45, 2.75) is 89.8 Å². The number of hydrogen-bond acceptors (Lipinski definition) is 12. The Morgan fingerprint density at radius 2 is 1.44 bits per heavy atom. The van der Waals surface area contributed by atoms with Crippen LogP contribution in [-0.4, -0.2) is 117 Å². The molecular formula is C43H55N6O9P. The van der Waals surface area contributed by atoms with E-state index in [2.05, 4.69) is 52.7 Å². The minimum atomic E-state index is -1.64. The monoisotopic (exact) mass is 830 g/mol. The molecule has 316 valence electrons. The van der Waals surface area contributed by atoms with Crippen LogP contribution in [0.25, 0.3) is 0 Å². The number of fused-ring (bicyclic) bond motifs is 1. The molecule has 1 N–H and O–H groups in total. The van der Waals surface area contributed by atoms with E-state index in [1.807, 2.05) is 78.9 Å². The number of rotatable bonds is 17. The van der Waals surface area contributed by atoms with Crippen LogP contribution in [0.4, 0.5) is 0 Å². The van der Waals surface area contributed by atoms with Gasteiger partial charge in [0, 0.05) is 32.2 Å². The molecule has 1 saturated heterocycles. The van der Waals surface area contributed by atoms with E-state index in [1.165, 1.54) is 6.34 Å². The summed E-state index contributed by atoms with van der Waals surface area (Å²) in [5.41, 5.74) is 1.39. The zero-order valence-electron chi connectivity index (χ0n) is 35.3. The van der Waals surface area contributed by atoms with E-state index in [0.29, 0.717) is 11.5 Å². The average Bonchev–Trinajstić information content (AvgIpc) is 3.82. The number of methoxy groups -OCH3 is 3. The molecule has 15 nitrogen and oxygen atoms in total. The molecule has 3 aliphatic heterocycles. The van der Waals surface area contributed by atoms with Crippen molar-refractivity contribution in [2.24, 2.45) is 20.9 Å². The standard InChI is InChI=1S/C43H55N6O9P/c1-26(2)39(50)46-42-45-38-35(40(51)47-42)44-25-48(38)41-37(54-9)36(58-59(55-10)49(27(3)4)28(5)6)34(57-41)24-56-43(29-14-12-11-13-15-29,30-16-20-32(52-7)21-17-30)31-18-22-33(53-8)23-19-31/h11-23,25-28,34-37,41H,24H2,1-10H3,(H,46,47,50,51)/t34-,35?,36-,37-,41-,59?/m1/s1. The van der Waals surface area contributed by atoms with Gasteiger partial charge in [0.2, 0.25) is 5.96 Å². The van der Waals surface area contributed by atoms with Gasteiger partial charge in [-0.05, 0) is 68.7 Å². The van der Waals surface area contributed by atoms with E-state index in [-0.39, 0.29) is 30.5 Å². The Labute approximate surface area is 347 Å². The molecule has 0 radical (unpaired) electrons. The molecule has 0 aliphatic carbocycles. The van der Waals surface area contributed by atoms with Crippen LogP contribution in [0.3, 0.4) is 0 Å². The van der Waals surface area contributed by atoms with Gasteiger partial charge >= 0.3 is 0 Å². The lowest BCUT2D eigenvalue weighted by molar-refractivity contribution is -0.120. The van der Waals surface area contributed by atoms with Crippen molar-refractivity contribution in [2.75, 3.05) is 35.0 Å². The molecular weight excluding hydrogens is 775 g/mol. The number of ether oxygens (including phenoxy) is 5. The minimum absolute atomic E-state index is 0.00119. The van der Waals surface area contributed by atoms with Gasteiger partial charge in [0.05, 0.1) is 27.2 Å². The predicted octanol–water partition coefficient (Wildman–Crippen LogP) is 5.91. The summed E-state index contributed by atoms with van der Waals surface area (Å²) < 4.78 is 46.9. The summed E-state index contributed by atoms with van der Waals surface area (Å²) in [6.07, 6.45) is -1.70. The van der Waals surface area contributed by atoms with Crippen LogP contribution in [0.5, 0.6) is 11.5 Å². The van der Waals surface area contributed by atoms with Crippen molar-refractivity contribution in [3.8, 4) is 11.5 Å². The molecule has 0 bridgehead atoms. The number of amidine groups is 1. The van der Waals surface area contributed by atoms with E-state index in [1.54, 1.807) is 47.2 Å². The number of carbonyl (C=O) groups excluding carboxylic acids is 2. The molecule has 2 unspecified atom stereocenters.